The number of nitriles is 2. The van der Waals surface area contributed by atoms with Crippen LogP contribution in [-0.2, 0) is 11.0 Å². The van der Waals surface area contributed by atoms with Crippen LogP contribution in [0.2, 0.25) is 0 Å². The molecule has 3 N–H and O–H groups in total. The molecule has 13 heteroatoms. The number of aromatic nitrogens is 3. The van der Waals surface area contributed by atoms with Crippen molar-refractivity contribution in [3.05, 3.63) is 53.4 Å². The first-order valence-corrected chi connectivity index (χ1v) is 11.5. The summed E-state index contributed by atoms with van der Waals surface area (Å²) >= 11 is 0. The molecule has 2 aromatic heterocycles. The van der Waals surface area contributed by atoms with Crippen LogP contribution in [0.3, 0.4) is 0 Å². The van der Waals surface area contributed by atoms with Crippen molar-refractivity contribution in [2.75, 3.05) is 0 Å². The van der Waals surface area contributed by atoms with Gasteiger partial charge in [-0.05, 0) is 31.4 Å². The summed E-state index contributed by atoms with van der Waals surface area (Å²) in [6, 6.07) is 5.07. The Bertz CT molecular complexity index is 1220. The van der Waals surface area contributed by atoms with Crippen LogP contribution in [0.5, 0.6) is 0 Å². The van der Waals surface area contributed by atoms with Crippen LogP contribution in [0.25, 0.3) is 0 Å². The number of hydrogen-bond acceptors (Lipinski definition) is 9. The van der Waals surface area contributed by atoms with Crippen molar-refractivity contribution in [1.29, 1.82) is 10.5 Å². The average Bonchev–Trinajstić information content (AvgIpc) is 3.22. The van der Waals surface area contributed by atoms with Gasteiger partial charge in [-0.15, -0.1) is 0 Å². The lowest BCUT2D eigenvalue weighted by atomic mass is 9.70. The highest BCUT2D eigenvalue weighted by molar-refractivity contribution is 5.82. The first kappa shape index (κ1) is 24.1. The van der Waals surface area contributed by atoms with Gasteiger partial charge in [0.15, 0.2) is 0 Å². The van der Waals surface area contributed by atoms with Gasteiger partial charge in [-0.25, -0.2) is 20.4 Å². The molecule has 2 aliphatic heterocycles. The molecule has 1 aliphatic carbocycles. The fraction of sp³-hybridized carbons (Fsp3) is 0.478. The van der Waals surface area contributed by atoms with Crippen molar-refractivity contribution in [3.63, 3.8) is 0 Å². The minimum absolute atomic E-state index is 0.00568. The van der Waals surface area contributed by atoms with Gasteiger partial charge >= 0.3 is 6.18 Å². The Labute approximate surface area is 204 Å². The quantitative estimate of drug-likeness (QED) is 0.575. The van der Waals surface area contributed by atoms with E-state index in [0.717, 1.165) is 25.1 Å². The summed E-state index contributed by atoms with van der Waals surface area (Å²) in [5.74, 6) is -0.425. The van der Waals surface area contributed by atoms with E-state index in [-0.39, 0.29) is 17.7 Å². The molecule has 1 amide bonds. The van der Waals surface area contributed by atoms with Crippen LogP contribution in [0.4, 0.5) is 13.2 Å². The number of pyridine rings is 1. The molecule has 0 radical (unpaired) electrons. The Kier molecular flexibility index (Phi) is 6.08. The zero-order valence-corrected chi connectivity index (χ0v) is 19.1. The summed E-state index contributed by atoms with van der Waals surface area (Å²) in [5.41, 5.74) is 2.93. The number of amides is 1. The van der Waals surface area contributed by atoms with Crippen molar-refractivity contribution >= 4 is 5.91 Å². The maximum Gasteiger partial charge on any atom is 0.433 e. The molecule has 10 nitrogen and oxygen atoms in total. The summed E-state index contributed by atoms with van der Waals surface area (Å²) in [7, 11) is 0. The highest BCUT2D eigenvalue weighted by Gasteiger charge is 2.54. The summed E-state index contributed by atoms with van der Waals surface area (Å²) in [6.45, 7) is 1.77. The summed E-state index contributed by atoms with van der Waals surface area (Å²) < 4.78 is 38.8. The van der Waals surface area contributed by atoms with Gasteiger partial charge in [0.25, 0.3) is 0 Å². The molecule has 2 saturated heterocycles. The number of nitrogens with one attached hydrogen (secondary N) is 3. The zero-order valence-electron chi connectivity index (χ0n) is 19.1. The van der Waals surface area contributed by atoms with Crippen LogP contribution in [0.15, 0.2) is 30.7 Å². The van der Waals surface area contributed by atoms with Crippen molar-refractivity contribution in [2.45, 2.75) is 56.3 Å². The Balaban J connectivity index is 1.36. The van der Waals surface area contributed by atoms with Gasteiger partial charge in [-0.2, -0.15) is 23.7 Å². The van der Waals surface area contributed by atoms with Crippen molar-refractivity contribution in [3.8, 4) is 12.1 Å². The van der Waals surface area contributed by atoms with Crippen LogP contribution in [-0.4, -0.2) is 44.2 Å². The molecule has 186 valence electrons. The molecule has 3 fully saturated rings. The number of hydrazine groups is 1. The molecule has 5 rings (SSSR count). The van der Waals surface area contributed by atoms with Gasteiger partial charge in [-0.1, -0.05) is 6.07 Å². The van der Waals surface area contributed by atoms with Gasteiger partial charge < -0.3 is 5.32 Å². The smallest absolute Gasteiger partial charge is 0.340 e. The molecule has 2 aromatic rings. The van der Waals surface area contributed by atoms with E-state index < -0.39 is 42.2 Å². The summed E-state index contributed by atoms with van der Waals surface area (Å²) in [4.78, 5) is 25.3. The van der Waals surface area contributed by atoms with E-state index in [9.17, 15) is 23.2 Å². The molecule has 0 aromatic carbocycles. The number of halogens is 3. The first-order valence-electron chi connectivity index (χ1n) is 11.5. The van der Waals surface area contributed by atoms with Crippen LogP contribution >= 0.6 is 0 Å². The largest absolute Gasteiger partial charge is 0.433 e. The number of nitrogens with zero attached hydrogens (tertiary/aromatic N) is 6. The second-order valence-electron chi connectivity index (χ2n) is 9.21. The second-order valence-corrected chi connectivity index (χ2v) is 9.21. The van der Waals surface area contributed by atoms with E-state index in [1.165, 1.54) is 18.5 Å². The van der Waals surface area contributed by atoms with E-state index in [4.69, 9.17) is 5.26 Å². The molecular weight excluding hydrogens is 475 g/mol. The highest BCUT2D eigenvalue weighted by Crippen LogP contribution is 2.44. The SMILES string of the molecule is C[C@@H](c1ccc(C(F)(F)F)nc1)N1NC(C#N)C2C(=O)NC([C@@H]3CC[C@H]3c3ncc(C#N)cn3)NC21. The van der Waals surface area contributed by atoms with Crippen molar-refractivity contribution < 1.29 is 18.0 Å². The number of rotatable bonds is 4. The number of carbonyl (C=O) groups excluding carboxylic acids is 1. The van der Waals surface area contributed by atoms with Gasteiger partial charge in [0.05, 0.1) is 29.9 Å². The van der Waals surface area contributed by atoms with E-state index in [0.29, 0.717) is 17.0 Å². The lowest BCUT2D eigenvalue weighted by molar-refractivity contribution is -0.141. The Morgan fingerprint density at radius 2 is 1.89 bits per heavy atom. The van der Waals surface area contributed by atoms with Crippen LogP contribution < -0.4 is 16.1 Å². The topological polar surface area (TPSA) is 143 Å². The summed E-state index contributed by atoms with van der Waals surface area (Å²) in [5, 5.41) is 26.8. The molecule has 1 saturated carbocycles. The summed E-state index contributed by atoms with van der Waals surface area (Å²) in [6.07, 6.45) is 0.214. The highest BCUT2D eigenvalue weighted by atomic mass is 19.4. The Morgan fingerprint density at radius 1 is 1.14 bits per heavy atom. The zero-order chi connectivity index (χ0) is 25.6. The van der Waals surface area contributed by atoms with Gasteiger partial charge in [-0.3, -0.25) is 15.1 Å². The minimum Gasteiger partial charge on any atom is -0.340 e. The molecule has 36 heavy (non-hydrogen) atoms. The average molecular weight is 497 g/mol. The maximum atomic E-state index is 13.1. The monoisotopic (exact) mass is 497 g/mol. The molecule has 0 bridgehead atoms. The molecule has 3 aliphatic rings. The first-order chi connectivity index (χ1) is 17.2. The van der Waals surface area contributed by atoms with Crippen LogP contribution in [0, 0.1) is 34.5 Å². The normalized spacial score (nSPS) is 30.9. The van der Waals surface area contributed by atoms with Gasteiger partial charge in [0.2, 0.25) is 5.91 Å². The number of fused-ring (bicyclic) bond motifs is 1. The Hall–Kier alpha value is -3.65. The molecule has 0 spiro atoms. The third-order valence-corrected chi connectivity index (χ3v) is 7.24. The lowest BCUT2D eigenvalue weighted by Gasteiger charge is -2.47. The van der Waals surface area contributed by atoms with E-state index in [1.54, 1.807) is 11.9 Å². The molecular formula is C23H22F3N9O. The maximum absolute atomic E-state index is 13.1. The van der Waals surface area contributed by atoms with Gasteiger partial charge in [0, 0.05) is 36.5 Å². The van der Waals surface area contributed by atoms with E-state index >= 15 is 0 Å². The van der Waals surface area contributed by atoms with Crippen LogP contribution in [0.1, 0.15) is 54.4 Å². The van der Waals surface area contributed by atoms with Crippen molar-refractivity contribution in [2.24, 2.45) is 11.8 Å². The fourth-order valence-corrected chi connectivity index (χ4v) is 5.14. The van der Waals surface area contributed by atoms with Gasteiger partial charge in [0.1, 0.15) is 23.6 Å². The van der Waals surface area contributed by atoms with Crippen molar-refractivity contribution in [1.82, 2.24) is 36.0 Å². The molecule has 4 unspecified atom stereocenters. The fourth-order valence-electron chi connectivity index (χ4n) is 5.14. The van der Waals surface area contributed by atoms with E-state index in [2.05, 4.69) is 37.1 Å². The third-order valence-electron chi connectivity index (χ3n) is 7.24. The molecule has 7 atom stereocenters. The molecule has 4 heterocycles. The number of carbonyl (C=O) groups is 1. The standard InChI is InChI=1S/C23H22F3N9O/c1-11(13-2-5-17(29-10-13)23(24,25)26)35-21-18(16(7-28)34-35)22(36)33-20(32-21)15-4-3-14(15)19-30-8-12(6-27)9-31-19/h2,5,8-11,14-16,18,20-21,32,34H,3-4H2,1H3,(H,33,36)/t11-,14+,15+,16?,18?,20?,21?/m0/s1. The lowest BCUT2D eigenvalue weighted by Crippen LogP contribution is -2.68. The minimum atomic E-state index is -4.54. The Morgan fingerprint density at radius 3 is 2.44 bits per heavy atom. The second kappa shape index (κ2) is 9.09. The number of hydrogen-bond donors (Lipinski definition) is 3. The predicted molar refractivity (Wildman–Crippen MR) is 117 cm³/mol. The third kappa shape index (κ3) is 4.15. The van der Waals surface area contributed by atoms with E-state index in [1.807, 2.05) is 6.07 Å². The number of alkyl halides is 3. The predicted octanol–water partition coefficient (Wildman–Crippen LogP) is 1.72.